The second-order valence-corrected chi connectivity index (χ2v) is 7.62. The molecule has 0 fully saturated rings. The standard InChI is InChI=1S/C25H22F2N2O2/c1-17-6-8-18(9-7-17)24-14-22(31-28-24)16-29(15-20-4-2-3-5-23(20)27)25(30)19-10-12-21(26)13-11-19/h2-13,22H,14-16H2,1H3. The Hall–Kier alpha value is -3.54. The fourth-order valence-electron chi connectivity index (χ4n) is 3.52. The Morgan fingerprint density at radius 2 is 1.74 bits per heavy atom. The third kappa shape index (κ3) is 4.97. The number of rotatable bonds is 6. The molecule has 0 bridgehead atoms. The molecule has 0 saturated carbocycles. The fourth-order valence-corrected chi connectivity index (χ4v) is 3.52. The van der Waals surface area contributed by atoms with Crippen LogP contribution in [-0.4, -0.2) is 29.2 Å². The molecule has 3 aromatic rings. The van der Waals surface area contributed by atoms with Gasteiger partial charge in [-0.05, 0) is 42.8 Å². The number of amides is 1. The van der Waals surface area contributed by atoms with E-state index in [-0.39, 0.29) is 30.9 Å². The Bertz CT molecular complexity index is 1100. The molecule has 0 aliphatic carbocycles. The molecule has 0 radical (unpaired) electrons. The van der Waals surface area contributed by atoms with Crippen LogP contribution in [0.15, 0.2) is 78.0 Å². The molecule has 1 unspecified atom stereocenters. The lowest BCUT2D eigenvalue weighted by Gasteiger charge is -2.25. The summed E-state index contributed by atoms with van der Waals surface area (Å²) in [7, 11) is 0. The first-order valence-corrected chi connectivity index (χ1v) is 10.1. The zero-order valence-corrected chi connectivity index (χ0v) is 17.1. The van der Waals surface area contributed by atoms with Gasteiger partial charge in [-0.15, -0.1) is 0 Å². The van der Waals surface area contributed by atoms with Gasteiger partial charge in [-0.2, -0.15) is 0 Å². The van der Waals surface area contributed by atoms with Crippen LogP contribution < -0.4 is 0 Å². The zero-order chi connectivity index (χ0) is 21.8. The molecule has 0 spiro atoms. The van der Waals surface area contributed by atoms with E-state index >= 15 is 0 Å². The Morgan fingerprint density at radius 3 is 2.45 bits per heavy atom. The summed E-state index contributed by atoms with van der Waals surface area (Å²) in [5.74, 6) is -1.13. The molecule has 4 nitrogen and oxygen atoms in total. The molecular formula is C25H22F2N2O2. The Kier molecular flexibility index (Phi) is 6.07. The molecule has 1 amide bonds. The highest BCUT2D eigenvalue weighted by Crippen LogP contribution is 2.21. The predicted molar refractivity (Wildman–Crippen MR) is 115 cm³/mol. The highest BCUT2D eigenvalue weighted by Gasteiger charge is 2.28. The Labute approximate surface area is 179 Å². The minimum absolute atomic E-state index is 0.0720. The maximum absolute atomic E-state index is 14.3. The van der Waals surface area contributed by atoms with E-state index in [1.54, 1.807) is 18.2 Å². The highest BCUT2D eigenvalue weighted by molar-refractivity contribution is 6.01. The van der Waals surface area contributed by atoms with Crippen LogP contribution >= 0.6 is 0 Å². The summed E-state index contributed by atoms with van der Waals surface area (Å²) in [5, 5.41) is 4.19. The molecule has 1 aliphatic heterocycles. The van der Waals surface area contributed by atoms with Crippen molar-refractivity contribution in [2.75, 3.05) is 6.54 Å². The van der Waals surface area contributed by atoms with E-state index in [1.807, 2.05) is 31.2 Å². The van der Waals surface area contributed by atoms with Crippen molar-refractivity contribution in [3.8, 4) is 0 Å². The molecule has 1 heterocycles. The van der Waals surface area contributed by atoms with E-state index in [0.717, 1.165) is 16.8 Å². The molecule has 0 aromatic heterocycles. The largest absolute Gasteiger partial charge is 0.390 e. The van der Waals surface area contributed by atoms with Crippen LogP contribution in [0.1, 0.15) is 33.5 Å². The second kappa shape index (κ2) is 9.08. The van der Waals surface area contributed by atoms with Gasteiger partial charge in [0.15, 0.2) is 6.10 Å². The summed E-state index contributed by atoms with van der Waals surface area (Å²) in [5.41, 5.74) is 3.66. The van der Waals surface area contributed by atoms with E-state index < -0.39 is 5.82 Å². The minimum atomic E-state index is -0.424. The average molecular weight is 420 g/mol. The number of halogens is 2. The molecule has 158 valence electrons. The lowest BCUT2D eigenvalue weighted by Crippen LogP contribution is -2.37. The second-order valence-electron chi connectivity index (χ2n) is 7.62. The van der Waals surface area contributed by atoms with Gasteiger partial charge in [0.25, 0.3) is 5.91 Å². The van der Waals surface area contributed by atoms with Crippen LogP contribution in [0.2, 0.25) is 0 Å². The number of hydrogen-bond acceptors (Lipinski definition) is 3. The topological polar surface area (TPSA) is 41.9 Å². The molecule has 0 saturated heterocycles. The van der Waals surface area contributed by atoms with Crippen molar-refractivity contribution in [1.29, 1.82) is 0 Å². The molecule has 0 N–H and O–H groups in total. The van der Waals surface area contributed by atoms with Gasteiger partial charge in [-0.3, -0.25) is 4.79 Å². The molecule has 6 heteroatoms. The van der Waals surface area contributed by atoms with Crippen molar-refractivity contribution in [3.63, 3.8) is 0 Å². The number of carbonyl (C=O) groups is 1. The van der Waals surface area contributed by atoms with Crippen molar-refractivity contribution >= 4 is 11.6 Å². The number of carbonyl (C=O) groups excluding carboxylic acids is 1. The maximum Gasteiger partial charge on any atom is 0.254 e. The summed E-state index contributed by atoms with van der Waals surface area (Å²) >= 11 is 0. The number of aryl methyl sites for hydroxylation is 1. The minimum Gasteiger partial charge on any atom is -0.390 e. The van der Waals surface area contributed by atoms with Gasteiger partial charge in [-0.1, -0.05) is 53.2 Å². The van der Waals surface area contributed by atoms with Crippen molar-refractivity contribution in [2.24, 2.45) is 5.16 Å². The van der Waals surface area contributed by atoms with Crippen LogP contribution in [-0.2, 0) is 11.4 Å². The fraction of sp³-hybridized carbons (Fsp3) is 0.200. The van der Waals surface area contributed by atoms with Crippen molar-refractivity contribution in [1.82, 2.24) is 4.90 Å². The Balaban J connectivity index is 1.52. The normalized spacial score (nSPS) is 15.3. The average Bonchev–Trinajstić information content (AvgIpc) is 3.24. The van der Waals surface area contributed by atoms with Gasteiger partial charge in [0, 0.05) is 24.1 Å². The zero-order valence-electron chi connectivity index (χ0n) is 17.1. The molecular weight excluding hydrogens is 398 g/mol. The number of oxime groups is 1. The maximum atomic E-state index is 14.3. The summed E-state index contributed by atoms with van der Waals surface area (Å²) in [6.45, 7) is 2.31. The van der Waals surface area contributed by atoms with Crippen LogP contribution in [0.5, 0.6) is 0 Å². The van der Waals surface area contributed by atoms with E-state index in [1.165, 1.54) is 35.2 Å². The monoisotopic (exact) mass is 420 g/mol. The van der Waals surface area contributed by atoms with Crippen molar-refractivity contribution in [3.05, 3.63) is 107 Å². The van der Waals surface area contributed by atoms with Crippen molar-refractivity contribution in [2.45, 2.75) is 26.0 Å². The van der Waals surface area contributed by atoms with Gasteiger partial charge in [-0.25, -0.2) is 8.78 Å². The summed E-state index contributed by atoms with van der Waals surface area (Å²) in [6, 6.07) is 19.6. The van der Waals surface area contributed by atoms with Gasteiger partial charge < -0.3 is 9.74 Å². The first kappa shape index (κ1) is 20.7. The quantitative estimate of drug-likeness (QED) is 0.556. The van der Waals surface area contributed by atoms with Crippen LogP contribution in [0, 0.1) is 18.6 Å². The smallest absolute Gasteiger partial charge is 0.254 e. The third-order valence-electron chi connectivity index (χ3n) is 5.24. The number of benzene rings is 3. The first-order valence-electron chi connectivity index (χ1n) is 10.1. The van der Waals surface area contributed by atoms with Gasteiger partial charge in [0.1, 0.15) is 11.6 Å². The summed E-state index contributed by atoms with van der Waals surface area (Å²) < 4.78 is 27.6. The number of nitrogens with zero attached hydrogens (tertiary/aromatic N) is 2. The lowest BCUT2D eigenvalue weighted by molar-refractivity contribution is 0.0403. The molecule has 1 aliphatic rings. The first-order chi connectivity index (χ1) is 15.0. The van der Waals surface area contributed by atoms with Crippen LogP contribution in [0.25, 0.3) is 0 Å². The van der Waals surface area contributed by atoms with E-state index in [4.69, 9.17) is 4.84 Å². The predicted octanol–water partition coefficient (Wildman–Crippen LogP) is 5.11. The third-order valence-corrected chi connectivity index (χ3v) is 5.24. The van der Waals surface area contributed by atoms with Gasteiger partial charge in [0.2, 0.25) is 0 Å². The van der Waals surface area contributed by atoms with Crippen molar-refractivity contribution < 1.29 is 18.4 Å². The van der Waals surface area contributed by atoms with Gasteiger partial charge in [0.05, 0.1) is 12.3 Å². The summed E-state index contributed by atoms with van der Waals surface area (Å²) in [4.78, 5) is 20.2. The molecule has 31 heavy (non-hydrogen) atoms. The molecule has 3 aromatic carbocycles. The van der Waals surface area contributed by atoms with E-state index in [9.17, 15) is 13.6 Å². The summed E-state index contributed by atoms with van der Waals surface area (Å²) in [6.07, 6.45) is 0.181. The Morgan fingerprint density at radius 1 is 1.03 bits per heavy atom. The highest BCUT2D eigenvalue weighted by atomic mass is 19.1. The lowest BCUT2D eigenvalue weighted by atomic mass is 10.0. The SMILES string of the molecule is Cc1ccc(C2=NOC(CN(Cc3ccccc3F)C(=O)c3ccc(F)cc3)C2)cc1. The number of hydrogen-bond donors (Lipinski definition) is 0. The van der Waals surface area contributed by atoms with Crippen LogP contribution in [0.4, 0.5) is 8.78 Å². The molecule has 1 atom stereocenters. The molecule has 4 rings (SSSR count). The van der Waals surface area contributed by atoms with Gasteiger partial charge >= 0.3 is 0 Å². The van der Waals surface area contributed by atoms with E-state index in [2.05, 4.69) is 5.16 Å². The van der Waals surface area contributed by atoms with E-state index in [0.29, 0.717) is 17.5 Å². The van der Waals surface area contributed by atoms with Crippen LogP contribution in [0.3, 0.4) is 0 Å².